The average Bonchev–Trinajstić information content (AvgIpc) is 3.12. The van der Waals surface area contributed by atoms with Crippen molar-refractivity contribution in [2.75, 3.05) is 26.2 Å². The van der Waals surface area contributed by atoms with Crippen LogP contribution in [0.4, 0.5) is 13.2 Å². The van der Waals surface area contributed by atoms with Crippen molar-refractivity contribution in [2.45, 2.75) is 35.9 Å². The van der Waals surface area contributed by atoms with E-state index in [9.17, 15) is 26.8 Å². The van der Waals surface area contributed by atoms with Crippen LogP contribution in [0, 0.1) is 5.92 Å². The Labute approximate surface area is 217 Å². The maximum absolute atomic E-state index is 15.1. The van der Waals surface area contributed by atoms with Gasteiger partial charge >= 0.3 is 0 Å². The number of hydrazine groups is 1. The molecule has 2 heterocycles. The quantitative estimate of drug-likeness (QED) is 0.544. The van der Waals surface area contributed by atoms with Crippen LogP contribution in [0.2, 0.25) is 5.02 Å². The molecule has 3 atom stereocenters. The highest BCUT2D eigenvalue weighted by Crippen LogP contribution is 2.33. The van der Waals surface area contributed by atoms with E-state index in [1.807, 2.05) is 0 Å². The summed E-state index contributed by atoms with van der Waals surface area (Å²) in [7, 11) is -4.50. The minimum Gasteiger partial charge on any atom is -0.354 e. The zero-order valence-corrected chi connectivity index (χ0v) is 21.2. The SMILES string of the molecule is O=C(NN1CC(F)C(CN([C@@H]2CC(F)(F)CCNC2=O)S(=O)(=O)c2ccc(Cl)cc2)C1)c1ccccc1. The maximum Gasteiger partial charge on any atom is 0.265 e. The number of nitrogens with zero attached hydrogens (tertiary/aromatic N) is 2. The highest BCUT2D eigenvalue weighted by Gasteiger charge is 2.47. The van der Waals surface area contributed by atoms with E-state index in [0.29, 0.717) is 9.87 Å². The Morgan fingerprint density at radius 1 is 1.14 bits per heavy atom. The number of hydrogen-bond donors (Lipinski definition) is 2. The van der Waals surface area contributed by atoms with Gasteiger partial charge in [-0.1, -0.05) is 29.8 Å². The Bertz CT molecular complexity index is 1230. The second kappa shape index (κ2) is 11.0. The van der Waals surface area contributed by atoms with E-state index >= 15 is 4.39 Å². The average molecular weight is 559 g/mol. The second-order valence-corrected chi connectivity index (χ2v) is 11.5. The van der Waals surface area contributed by atoms with Crippen LogP contribution in [-0.4, -0.2) is 73.9 Å². The lowest BCUT2D eigenvalue weighted by atomic mass is 10.0. The van der Waals surface area contributed by atoms with Gasteiger partial charge in [0.2, 0.25) is 15.9 Å². The van der Waals surface area contributed by atoms with Gasteiger partial charge in [-0.2, -0.15) is 4.31 Å². The minimum atomic E-state index is -4.50. The molecule has 2 aliphatic heterocycles. The normalized spacial score (nSPS) is 24.5. The van der Waals surface area contributed by atoms with Crippen LogP contribution >= 0.6 is 11.6 Å². The first-order valence-corrected chi connectivity index (χ1v) is 13.5. The smallest absolute Gasteiger partial charge is 0.265 e. The topological polar surface area (TPSA) is 98.8 Å². The van der Waals surface area contributed by atoms with Crippen molar-refractivity contribution in [1.82, 2.24) is 20.1 Å². The van der Waals surface area contributed by atoms with E-state index in [-0.39, 0.29) is 29.6 Å². The fourth-order valence-corrected chi connectivity index (χ4v) is 6.23. The predicted molar refractivity (Wildman–Crippen MR) is 130 cm³/mol. The maximum atomic E-state index is 15.1. The van der Waals surface area contributed by atoms with Crippen LogP contribution < -0.4 is 10.7 Å². The molecular weight excluding hydrogens is 533 g/mol. The first kappa shape index (κ1) is 27.4. The molecule has 2 aliphatic rings. The lowest BCUT2D eigenvalue weighted by Crippen LogP contribution is -2.52. The van der Waals surface area contributed by atoms with E-state index in [1.54, 1.807) is 30.3 Å². The molecule has 2 N–H and O–H groups in total. The number of carbonyl (C=O) groups is 2. The van der Waals surface area contributed by atoms with Crippen molar-refractivity contribution < 1.29 is 31.2 Å². The Kier molecular flexibility index (Phi) is 8.12. The summed E-state index contributed by atoms with van der Waals surface area (Å²) in [5, 5.41) is 3.92. The molecule has 0 aliphatic carbocycles. The zero-order valence-electron chi connectivity index (χ0n) is 19.6. The molecule has 0 bridgehead atoms. The molecule has 4 rings (SSSR count). The largest absolute Gasteiger partial charge is 0.354 e. The fourth-order valence-electron chi connectivity index (χ4n) is 4.46. The molecule has 37 heavy (non-hydrogen) atoms. The molecule has 2 amide bonds. The van der Waals surface area contributed by atoms with E-state index in [0.717, 1.165) is 0 Å². The third-order valence-electron chi connectivity index (χ3n) is 6.42. The van der Waals surface area contributed by atoms with Crippen LogP contribution in [0.1, 0.15) is 23.2 Å². The summed E-state index contributed by atoms with van der Waals surface area (Å²) in [6.45, 7) is -1.17. The summed E-state index contributed by atoms with van der Waals surface area (Å²) < 4.78 is 71.9. The Morgan fingerprint density at radius 3 is 2.49 bits per heavy atom. The highest BCUT2D eigenvalue weighted by molar-refractivity contribution is 7.89. The third-order valence-corrected chi connectivity index (χ3v) is 8.56. The van der Waals surface area contributed by atoms with Gasteiger partial charge in [-0.05, 0) is 36.4 Å². The number of nitrogens with one attached hydrogen (secondary N) is 2. The fraction of sp³-hybridized carbons (Fsp3) is 0.417. The molecule has 0 radical (unpaired) electrons. The van der Waals surface area contributed by atoms with Crippen molar-refractivity contribution in [1.29, 1.82) is 0 Å². The Morgan fingerprint density at radius 2 is 1.81 bits per heavy atom. The summed E-state index contributed by atoms with van der Waals surface area (Å²) in [5.74, 6) is -5.65. The van der Waals surface area contributed by atoms with Crippen molar-refractivity contribution in [3.8, 4) is 0 Å². The highest BCUT2D eigenvalue weighted by atomic mass is 35.5. The van der Waals surface area contributed by atoms with Crippen LogP contribution in [0.25, 0.3) is 0 Å². The molecule has 13 heteroatoms. The number of rotatable bonds is 7. The molecule has 2 aromatic carbocycles. The zero-order chi connectivity index (χ0) is 26.8. The van der Waals surface area contributed by atoms with Gasteiger partial charge in [0.1, 0.15) is 12.2 Å². The predicted octanol–water partition coefficient (Wildman–Crippen LogP) is 2.86. The number of halogens is 4. The van der Waals surface area contributed by atoms with Crippen molar-refractivity contribution in [2.24, 2.45) is 5.92 Å². The van der Waals surface area contributed by atoms with E-state index in [2.05, 4.69) is 10.7 Å². The van der Waals surface area contributed by atoms with Gasteiger partial charge in [0.15, 0.2) is 0 Å². The Hall–Kier alpha value is -2.67. The molecule has 200 valence electrons. The minimum absolute atomic E-state index is 0.0862. The first-order chi connectivity index (χ1) is 17.5. The lowest BCUT2D eigenvalue weighted by molar-refractivity contribution is -0.126. The second-order valence-electron chi connectivity index (χ2n) is 9.13. The van der Waals surface area contributed by atoms with E-state index in [4.69, 9.17) is 11.6 Å². The molecule has 0 aromatic heterocycles. The number of hydrogen-bond acceptors (Lipinski definition) is 5. The number of sulfonamides is 1. The lowest BCUT2D eigenvalue weighted by Gasteiger charge is -2.32. The molecule has 2 saturated heterocycles. The van der Waals surface area contributed by atoms with Gasteiger partial charge in [-0.3, -0.25) is 15.0 Å². The summed E-state index contributed by atoms with van der Waals surface area (Å²) in [6.07, 6.45) is -3.27. The number of benzene rings is 2. The summed E-state index contributed by atoms with van der Waals surface area (Å²) in [4.78, 5) is 25.0. The molecule has 0 spiro atoms. The van der Waals surface area contributed by atoms with Crippen LogP contribution in [0.15, 0.2) is 59.5 Å². The molecule has 2 aromatic rings. The molecular formula is C24H26ClF3N4O4S. The van der Waals surface area contributed by atoms with Gasteiger partial charge in [0.05, 0.1) is 4.90 Å². The van der Waals surface area contributed by atoms with E-state index in [1.165, 1.54) is 29.3 Å². The van der Waals surface area contributed by atoms with Crippen molar-refractivity contribution in [3.05, 3.63) is 65.2 Å². The number of alkyl halides is 3. The van der Waals surface area contributed by atoms with E-state index < -0.39 is 65.3 Å². The van der Waals surface area contributed by atoms with Gasteiger partial charge in [-0.25, -0.2) is 26.6 Å². The molecule has 2 unspecified atom stereocenters. The summed E-state index contributed by atoms with van der Waals surface area (Å²) in [6, 6.07) is 11.5. The monoisotopic (exact) mass is 558 g/mol. The standard InChI is InChI=1S/C24H26ClF3N4O4S/c25-18-6-8-19(9-7-18)37(35,36)32(21-12-24(27,28)10-11-29-23(21)34)14-17-13-31(15-20(17)26)30-22(33)16-4-2-1-3-5-16/h1-9,17,20-21H,10-15H2,(H,29,34)(H,30,33)/t17?,20?,21-/m1/s1. The van der Waals surface area contributed by atoms with Gasteiger partial charge in [0, 0.05) is 55.5 Å². The van der Waals surface area contributed by atoms with Crippen molar-refractivity contribution in [3.63, 3.8) is 0 Å². The van der Waals surface area contributed by atoms with Gasteiger partial charge in [0.25, 0.3) is 11.8 Å². The Balaban J connectivity index is 1.59. The van der Waals surface area contributed by atoms with Gasteiger partial charge in [-0.15, -0.1) is 0 Å². The molecule has 2 fully saturated rings. The summed E-state index contributed by atoms with van der Waals surface area (Å²) in [5.41, 5.74) is 2.94. The summed E-state index contributed by atoms with van der Waals surface area (Å²) >= 11 is 5.87. The van der Waals surface area contributed by atoms with Crippen molar-refractivity contribution >= 4 is 33.4 Å². The molecule has 8 nitrogen and oxygen atoms in total. The van der Waals surface area contributed by atoms with Gasteiger partial charge < -0.3 is 5.32 Å². The van der Waals surface area contributed by atoms with Crippen LogP contribution in [0.3, 0.4) is 0 Å². The van der Waals surface area contributed by atoms with Crippen LogP contribution in [-0.2, 0) is 14.8 Å². The van der Waals surface area contributed by atoms with Crippen LogP contribution in [0.5, 0.6) is 0 Å². The molecule has 0 saturated carbocycles. The third kappa shape index (κ3) is 6.43. The first-order valence-electron chi connectivity index (χ1n) is 11.6. The number of carbonyl (C=O) groups excluding carboxylic acids is 2. The number of amides is 2.